The minimum atomic E-state index is -0.843. The molecule has 0 saturated carbocycles. The van der Waals surface area contributed by atoms with Gasteiger partial charge in [-0.1, -0.05) is 30.3 Å². The van der Waals surface area contributed by atoms with Gasteiger partial charge in [-0.2, -0.15) is 0 Å². The summed E-state index contributed by atoms with van der Waals surface area (Å²) in [5.74, 6) is -0.0916. The Morgan fingerprint density at radius 2 is 2.00 bits per heavy atom. The average molecular weight is 352 g/mol. The first-order chi connectivity index (χ1) is 12.5. The lowest BCUT2D eigenvalue weighted by atomic mass is 9.96. The van der Waals surface area contributed by atoms with Gasteiger partial charge < -0.3 is 14.7 Å². The molecule has 0 amide bonds. The lowest BCUT2D eigenvalue weighted by molar-refractivity contribution is -0.136. The number of rotatable bonds is 6. The molecule has 5 nitrogen and oxygen atoms in total. The van der Waals surface area contributed by atoms with E-state index < -0.39 is 5.97 Å². The third-order valence-corrected chi connectivity index (χ3v) is 4.34. The monoisotopic (exact) mass is 352 g/mol. The van der Waals surface area contributed by atoms with Crippen LogP contribution < -0.4 is 4.74 Å². The molecule has 136 valence electrons. The van der Waals surface area contributed by atoms with Crippen molar-refractivity contribution >= 4 is 11.7 Å². The van der Waals surface area contributed by atoms with Gasteiger partial charge in [-0.05, 0) is 50.3 Å². The van der Waals surface area contributed by atoms with Crippen molar-refractivity contribution < 1.29 is 14.6 Å². The number of carboxylic acid groups (broad SMARTS) is 1. The molecule has 0 spiro atoms. The van der Waals surface area contributed by atoms with Gasteiger partial charge in [0.1, 0.15) is 12.4 Å². The Morgan fingerprint density at radius 1 is 1.19 bits per heavy atom. The smallest absolute Gasteiger partial charge is 0.307 e. The third-order valence-electron chi connectivity index (χ3n) is 4.34. The maximum absolute atomic E-state index is 11.1. The van der Waals surface area contributed by atoms with Crippen molar-refractivity contribution in [1.82, 2.24) is 4.90 Å². The van der Waals surface area contributed by atoms with E-state index >= 15 is 0 Å². The van der Waals surface area contributed by atoms with Crippen LogP contribution in [0.1, 0.15) is 28.7 Å². The zero-order valence-electron chi connectivity index (χ0n) is 15.2. The number of benzene rings is 2. The summed E-state index contributed by atoms with van der Waals surface area (Å²) in [7, 11) is 4.10. The number of carbonyl (C=O) groups is 1. The van der Waals surface area contributed by atoms with Crippen molar-refractivity contribution in [3.8, 4) is 5.75 Å². The molecule has 1 aliphatic rings. The Bertz CT molecular complexity index is 828. The SMILES string of the molecule is CN(C)CCC/N=C1/c2ccccc2COc2ccc(CC(=O)O)cc21. The minimum absolute atomic E-state index is 0.0111. The van der Waals surface area contributed by atoms with E-state index in [4.69, 9.17) is 14.8 Å². The van der Waals surface area contributed by atoms with Gasteiger partial charge in [0.2, 0.25) is 0 Å². The van der Waals surface area contributed by atoms with Gasteiger partial charge in [-0.15, -0.1) is 0 Å². The van der Waals surface area contributed by atoms with Crippen LogP contribution >= 0.6 is 0 Å². The summed E-state index contributed by atoms with van der Waals surface area (Å²) in [4.78, 5) is 18.1. The molecule has 0 atom stereocenters. The highest BCUT2D eigenvalue weighted by Crippen LogP contribution is 2.30. The van der Waals surface area contributed by atoms with E-state index in [1.165, 1.54) is 0 Å². The highest BCUT2D eigenvalue weighted by atomic mass is 16.5. The van der Waals surface area contributed by atoms with E-state index in [1.807, 2.05) is 30.3 Å². The number of nitrogens with zero attached hydrogens (tertiary/aromatic N) is 2. The predicted molar refractivity (Wildman–Crippen MR) is 102 cm³/mol. The van der Waals surface area contributed by atoms with Gasteiger partial charge in [0.15, 0.2) is 0 Å². The summed E-state index contributed by atoms with van der Waals surface area (Å²) in [5.41, 5.74) is 4.66. The van der Waals surface area contributed by atoms with Crippen LogP contribution in [0, 0.1) is 0 Å². The average Bonchev–Trinajstić information content (AvgIpc) is 2.75. The van der Waals surface area contributed by atoms with E-state index in [2.05, 4.69) is 31.1 Å². The van der Waals surface area contributed by atoms with E-state index in [-0.39, 0.29) is 6.42 Å². The van der Waals surface area contributed by atoms with Crippen LogP contribution in [0.15, 0.2) is 47.5 Å². The van der Waals surface area contributed by atoms with Crippen molar-refractivity contribution in [3.05, 3.63) is 64.7 Å². The molecule has 5 heteroatoms. The van der Waals surface area contributed by atoms with E-state index in [0.717, 1.165) is 46.7 Å². The lowest BCUT2D eigenvalue weighted by Crippen LogP contribution is -2.14. The summed E-state index contributed by atoms with van der Waals surface area (Å²) < 4.78 is 5.97. The van der Waals surface area contributed by atoms with E-state index in [0.29, 0.717) is 13.2 Å². The van der Waals surface area contributed by atoms with Crippen LogP contribution in [0.2, 0.25) is 0 Å². The fourth-order valence-corrected chi connectivity index (χ4v) is 3.10. The molecule has 2 aromatic carbocycles. The highest BCUT2D eigenvalue weighted by molar-refractivity contribution is 6.15. The maximum atomic E-state index is 11.1. The van der Waals surface area contributed by atoms with Crippen LogP contribution in [-0.2, 0) is 17.8 Å². The van der Waals surface area contributed by atoms with Gasteiger partial charge in [-0.25, -0.2) is 0 Å². The second kappa shape index (κ2) is 8.15. The second-order valence-corrected chi connectivity index (χ2v) is 6.73. The van der Waals surface area contributed by atoms with Crippen molar-refractivity contribution in [2.45, 2.75) is 19.4 Å². The normalized spacial score (nSPS) is 14.5. The Hall–Kier alpha value is -2.66. The number of hydrogen-bond donors (Lipinski definition) is 1. The summed E-state index contributed by atoms with van der Waals surface area (Å²) in [6.07, 6.45) is 0.951. The van der Waals surface area contributed by atoms with E-state index in [1.54, 1.807) is 0 Å². The molecular weight excluding hydrogens is 328 g/mol. The fraction of sp³-hybridized carbons (Fsp3) is 0.333. The predicted octanol–water partition coefficient (Wildman–Crippen LogP) is 3.00. The molecule has 0 radical (unpaired) electrons. The molecule has 26 heavy (non-hydrogen) atoms. The molecule has 0 bridgehead atoms. The van der Waals surface area contributed by atoms with Crippen LogP contribution in [0.4, 0.5) is 0 Å². The first-order valence-electron chi connectivity index (χ1n) is 8.80. The molecule has 0 saturated heterocycles. The van der Waals surface area contributed by atoms with Crippen molar-refractivity contribution in [3.63, 3.8) is 0 Å². The number of carboxylic acids is 1. The fourth-order valence-electron chi connectivity index (χ4n) is 3.10. The first kappa shape index (κ1) is 18.1. The van der Waals surface area contributed by atoms with Gasteiger partial charge in [0.05, 0.1) is 12.1 Å². The molecule has 1 aliphatic heterocycles. The van der Waals surface area contributed by atoms with Gasteiger partial charge in [-0.3, -0.25) is 9.79 Å². The largest absolute Gasteiger partial charge is 0.488 e. The van der Waals surface area contributed by atoms with Crippen LogP contribution in [0.5, 0.6) is 5.75 Å². The Labute approximate surface area is 153 Å². The van der Waals surface area contributed by atoms with Crippen molar-refractivity contribution in [2.75, 3.05) is 27.2 Å². The second-order valence-electron chi connectivity index (χ2n) is 6.73. The highest BCUT2D eigenvalue weighted by Gasteiger charge is 2.21. The van der Waals surface area contributed by atoms with Crippen LogP contribution in [0.25, 0.3) is 0 Å². The van der Waals surface area contributed by atoms with Crippen molar-refractivity contribution in [2.24, 2.45) is 4.99 Å². The molecule has 0 unspecified atom stereocenters. The first-order valence-corrected chi connectivity index (χ1v) is 8.80. The quantitative estimate of drug-likeness (QED) is 0.812. The molecule has 0 aliphatic carbocycles. The van der Waals surface area contributed by atoms with Gasteiger partial charge >= 0.3 is 5.97 Å². The van der Waals surface area contributed by atoms with Crippen LogP contribution in [0.3, 0.4) is 0 Å². The summed E-state index contributed by atoms with van der Waals surface area (Å²) >= 11 is 0. The minimum Gasteiger partial charge on any atom is -0.488 e. The maximum Gasteiger partial charge on any atom is 0.307 e. The number of hydrogen-bond acceptors (Lipinski definition) is 4. The van der Waals surface area contributed by atoms with Gasteiger partial charge in [0, 0.05) is 17.7 Å². The number of ether oxygens (including phenoxy) is 1. The zero-order valence-corrected chi connectivity index (χ0v) is 15.2. The lowest BCUT2D eigenvalue weighted by Gasteiger charge is -2.12. The molecular formula is C21H24N2O3. The number of aliphatic carboxylic acids is 1. The van der Waals surface area contributed by atoms with E-state index in [9.17, 15) is 4.79 Å². The summed E-state index contributed by atoms with van der Waals surface area (Å²) in [5, 5.41) is 9.11. The number of aliphatic imine (C=N–C) groups is 1. The molecule has 1 heterocycles. The molecule has 1 N–H and O–H groups in total. The summed E-state index contributed by atoms with van der Waals surface area (Å²) in [6, 6.07) is 13.7. The molecule has 3 rings (SSSR count). The molecule has 0 aromatic heterocycles. The summed E-state index contributed by atoms with van der Waals surface area (Å²) in [6.45, 7) is 2.17. The van der Waals surface area contributed by atoms with Crippen LogP contribution in [-0.4, -0.2) is 48.9 Å². The Morgan fingerprint density at radius 3 is 2.77 bits per heavy atom. The molecule has 0 fully saturated rings. The topological polar surface area (TPSA) is 62.1 Å². The Balaban J connectivity index is 2.01. The van der Waals surface area contributed by atoms with Gasteiger partial charge in [0.25, 0.3) is 0 Å². The van der Waals surface area contributed by atoms with Crippen molar-refractivity contribution in [1.29, 1.82) is 0 Å². The Kier molecular flexibility index (Phi) is 5.68. The number of fused-ring (bicyclic) bond motifs is 2. The zero-order chi connectivity index (χ0) is 18.5. The third kappa shape index (κ3) is 4.29. The molecule has 2 aromatic rings. The standard InChI is InChI=1S/C21H24N2O3/c1-23(2)11-5-10-22-21-17-7-4-3-6-16(17)14-26-19-9-8-15(12-18(19)21)13-20(24)25/h3-4,6-9,12H,5,10-11,13-14H2,1-2H3,(H,24,25)/b22-21-.